The van der Waals surface area contributed by atoms with E-state index in [2.05, 4.69) is 39.1 Å². The quantitative estimate of drug-likeness (QED) is 0.624. The van der Waals surface area contributed by atoms with Gasteiger partial charge in [-0.1, -0.05) is 32.4 Å². The number of nitrogens with one attached hydrogen (secondary N) is 1. The molecule has 1 heteroatoms. The van der Waals surface area contributed by atoms with Crippen LogP contribution in [-0.2, 0) is 0 Å². The van der Waals surface area contributed by atoms with Crippen LogP contribution in [0.15, 0.2) is 11.6 Å². The summed E-state index contributed by atoms with van der Waals surface area (Å²) in [7, 11) is 2.02. The third-order valence-corrected chi connectivity index (χ3v) is 2.25. The van der Waals surface area contributed by atoms with Crippen molar-refractivity contribution >= 4 is 0 Å². The summed E-state index contributed by atoms with van der Waals surface area (Å²) < 4.78 is 0. The van der Waals surface area contributed by atoms with Gasteiger partial charge in [-0.2, -0.15) is 0 Å². The van der Waals surface area contributed by atoms with Crippen LogP contribution in [0.25, 0.3) is 0 Å². The summed E-state index contributed by atoms with van der Waals surface area (Å²) >= 11 is 0. The summed E-state index contributed by atoms with van der Waals surface area (Å²) in [5, 5.41) is 3.27. The van der Waals surface area contributed by atoms with E-state index in [1.54, 1.807) is 0 Å². The van der Waals surface area contributed by atoms with Gasteiger partial charge in [-0.25, -0.2) is 0 Å². The Hall–Kier alpha value is -0.300. The monoisotopic (exact) mass is 169 g/mol. The van der Waals surface area contributed by atoms with Gasteiger partial charge in [0.25, 0.3) is 0 Å². The molecule has 0 aliphatic heterocycles. The summed E-state index contributed by atoms with van der Waals surface area (Å²) in [5.41, 5.74) is 1.53. The lowest BCUT2D eigenvalue weighted by Gasteiger charge is -2.14. The first kappa shape index (κ1) is 11.7. The fourth-order valence-electron chi connectivity index (χ4n) is 1.20. The summed E-state index contributed by atoms with van der Waals surface area (Å²) in [6.45, 7) is 8.96. The van der Waals surface area contributed by atoms with Crippen LogP contribution in [0.4, 0.5) is 0 Å². The molecule has 1 atom stereocenters. The SMILES string of the molecule is CC/C(=C\CC(C)C)C(C)NC. The maximum Gasteiger partial charge on any atom is 0.0248 e. The lowest BCUT2D eigenvalue weighted by molar-refractivity contribution is 0.633. The first-order valence-corrected chi connectivity index (χ1v) is 4.98. The molecule has 0 aromatic carbocycles. The molecule has 0 amide bonds. The molecule has 0 aromatic heterocycles. The number of rotatable bonds is 5. The van der Waals surface area contributed by atoms with Gasteiger partial charge in [0, 0.05) is 6.04 Å². The Morgan fingerprint density at radius 2 is 1.92 bits per heavy atom. The van der Waals surface area contributed by atoms with E-state index in [0.29, 0.717) is 6.04 Å². The fourth-order valence-corrected chi connectivity index (χ4v) is 1.20. The molecule has 1 unspecified atom stereocenters. The Morgan fingerprint density at radius 3 is 2.25 bits per heavy atom. The molecule has 0 saturated heterocycles. The minimum atomic E-state index is 0.536. The van der Waals surface area contributed by atoms with Crippen molar-refractivity contribution in [1.29, 1.82) is 0 Å². The average molecular weight is 169 g/mol. The second kappa shape index (κ2) is 6.24. The Kier molecular flexibility index (Phi) is 6.09. The summed E-state index contributed by atoms with van der Waals surface area (Å²) in [4.78, 5) is 0. The molecular formula is C11H23N. The van der Waals surface area contributed by atoms with Crippen molar-refractivity contribution in [2.45, 2.75) is 46.6 Å². The first-order valence-electron chi connectivity index (χ1n) is 4.98. The summed E-state index contributed by atoms with van der Waals surface area (Å²) in [6, 6.07) is 0.536. The van der Waals surface area contributed by atoms with Crippen LogP contribution in [0.3, 0.4) is 0 Å². The van der Waals surface area contributed by atoms with E-state index in [1.165, 1.54) is 12.0 Å². The Bertz CT molecular complexity index is 136. The molecule has 0 radical (unpaired) electrons. The van der Waals surface area contributed by atoms with Gasteiger partial charge in [0.15, 0.2) is 0 Å². The molecular weight excluding hydrogens is 146 g/mol. The van der Waals surface area contributed by atoms with Gasteiger partial charge in [0.05, 0.1) is 0 Å². The predicted molar refractivity (Wildman–Crippen MR) is 56.4 cm³/mol. The molecule has 1 nitrogen and oxygen atoms in total. The maximum atomic E-state index is 3.27. The third kappa shape index (κ3) is 4.55. The van der Waals surface area contributed by atoms with Crippen molar-refractivity contribution in [3.63, 3.8) is 0 Å². The normalized spacial score (nSPS) is 15.3. The number of allylic oxidation sites excluding steroid dienone is 1. The molecule has 12 heavy (non-hydrogen) atoms. The molecule has 0 aliphatic carbocycles. The van der Waals surface area contributed by atoms with E-state index in [0.717, 1.165) is 12.3 Å². The van der Waals surface area contributed by atoms with Crippen molar-refractivity contribution in [3.8, 4) is 0 Å². The topological polar surface area (TPSA) is 12.0 Å². The van der Waals surface area contributed by atoms with E-state index in [4.69, 9.17) is 0 Å². The number of likely N-dealkylation sites (N-methyl/N-ethyl adjacent to an activating group) is 1. The molecule has 0 heterocycles. The highest BCUT2D eigenvalue weighted by Gasteiger charge is 2.03. The van der Waals surface area contributed by atoms with Gasteiger partial charge in [0.2, 0.25) is 0 Å². The van der Waals surface area contributed by atoms with Crippen molar-refractivity contribution < 1.29 is 0 Å². The van der Waals surface area contributed by atoms with E-state index in [9.17, 15) is 0 Å². The summed E-state index contributed by atoms with van der Waals surface area (Å²) in [6.07, 6.45) is 4.75. The molecule has 0 rings (SSSR count). The number of hydrogen-bond donors (Lipinski definition) is 1. The predicted octanol–water partition coefficient (Wildman–Crippen LogP) is 2.98. The molecule has 0 fully saturated rings. The minimum Gasteiger partial charge on any atom is -0.314 e. The molecule has 72 valence electrons. The lowest BCUT2D eigenvalue weighted by atomic mass is 10.0. The van der Waals surface area contributed by atoms with Crippen molar-refractivity contribution in [3.05, 3.63) is 11.6 Å². The zero-order valence-electron chi connectivity index (χ0n) is 9.15. The van der Waals surface area contributed by atoms with Crippen LogP contribution < -0.4 is 5.32 Å². The molecule has 0 aliphatic rings. The second-order valence-corrected chi connectivity index (χ2v) is 3.77. The van der Waals surface area contributed by atoms with E-state index in [1.807, 2.05) is 7.05 Å². The van der Waals surface area contributed by atoms with Crippen LogP contribution in [0.5, 0.6) is 0 Å². The first-order chi connectivity index (χ1) is 5.61. The van der Waals surface area contributed by atoms with Crippen LogP contribution in [0, 0.1) is 5.92 Å². The van der Waals surface area contributed by atoms with Gasteiger partial charge in [-0.3, -0.25) is 0 Å². The smallest absolute Gasteiger partial charge is 0.0248 e. The van der Waals surface area contributed by atoms with E-state index in [-0.39, 0.29) is 0 Å². The molecule has 0 spiro atoms. The highest BCUT2D eigenvalue weighted by Crippen LogP contribution is 2.10. The average Bonchev–Trinajstić information content (AvgIpc) is 2.04. The third-order valence-electron chi connectivity index (χ3n) is 2.25. The van der Waals surface area contributed by atoms with Crippen LogP contribution in [0.2, 0.25) is 0 Å². The minimum absolute atomic E-state index is 0.536. The van der Waals surface area contributed by atoms with E-state index >= 15 is 0 Å². The second-order valence-electron chi connectivity index (χ2n) is 3.77. The van der Waals surface area contributed by atoms with Crippen LogP contribution in [0.1, 0.15) is 40.5 Å². The zero-order valence-corrected chi connectivity index (χ0v) is 9.15. The van der Waals surface area contributed by atoms with Crippen LogP contribution in [-0.4, -0.2) is 13.1 Å². The van der Waals surface area contributed by atoms with Gasteiger partial charge in [0.1, 0.15) is 0 Å². The molecule has 1 N–H and O–H groups in total. The van der Waals surface area contributed by atoms with Crippen molar-refractivity contribution in [2.24, 2.45) is 5.92 Å². The van der Waals surface area contributed by atoms with Crippen molar-refractivity contribution in [1.82, 2.24) is 5.32 Å². The van der Waals surface area contributed by atoms with Gasteiger partial charge < -0.3 is 5.32 Å². The standard InChI is InChI=1S/C11H23N/c1-6-11(10(4)12-5)8-7-9(2)3/h8-10,12H,6-7H2,1-5H3/b11-8+. The summed E-state index contributed by atoms with van der Waals surface area (Å²) in [5.74, 6) is 0.774. The zero-order chi connectivity index (χ0) is 9.56. The Morgan fingerprint density at radius 1 is 1.33 bits per heavy atom. The highest BCUT2D eigenvalue weighted by molar-refractivity contribution is 5.08. The molecule has 0 bridgehead atoms. The van der Waals surface area contributed by atoms with Gasteiger partial charge in [-0.05, 0) is 32.7 Å². The van der Waals surface area contributed by atoms with Gasteiger partial charge in [-0.15, -0.1) is 0 Å². The highest BCUT2D eigenvalue weighted by atomic mass is 14.9. The van der Waals surface area contributed by atoms with Crippen LogP contribution >= 0.6 is 0 Å². The number of hydrogen-bond acceptors (Lipinski definition) is 1. The fraction of sp³-hybridized carbons (Fsp3) is 0.818. The Labute approximate surface area is 77.2 Å². The lowest BCUT2D eigenvalue weighted by Crippen LogP contribution is -2.23. The van der Waals surface area contributed by atoms with Gasteiger partial charge >= 0.3 is 0 Å². The van der Waals surface area contributed by atoms with Crippen molar-refractivity contribution in [2.75, 3.05) is 7.05 Å². The molecule has 0 aromatic rings. The maximum absolute atomic E-state index is 3.27. The molecule has 0 saturated carbocycles. The largest absolute Gasteiger partial charge is 0.314 e. The van der Waals surface area contributed by atoms with E-state index < -0.39 is 0 Å². The Balaban J connectivity index is 4.03.